The highest BCUT2D eigenvalue weighted by Crippen LogP contribution is 2.13. The second-order valence-corrected chi connectivity index (χ2v) is 2.92. The molecule has 1 aromatic rings. The molecule has 66 valence electrons. The maximum atomic E-state index is 9.07. The number of aliphatic hydroxyl groups excluding tert-OH is 1. The van der Waals surface area contributed by atoms with Crippen LogP contribution in [0.2, 0.25) is 0 Å². The van der Waals surface area contributed by atoms with Crippen molar-refractivity contribution in [2.24, 2.45) is 0 Å². The largest absolute Gasteiger partial charge is 0.394 e. The van der Waals surface area contributed by atoms with Gasteiger partial charge in [-0.15, -0.1) is 0 Å². The third-order valence-corrected chi connectivity index (χ3v) is 1.83. The molecule has 1 rings (SSSR count). The van der Waals surface area contributed by atoms with Gasteiger partial charge >= 0.3 is 0 Å². The molecule has 3 heteroatoms. The van der Waals surface area contributed by atoms with E-state index < -0.39 is 0 Å². The van der Waals surface area contributed by atoms with E-state index in [-0.39, 0.29) is 12.6 Å². The number of hydrogen-bond donors (Lipinski definition) is 1. The van der Waals surface area contributed by atoms with Crippen LogP contribution in [0.4, 0.5) is 0 Å². The number of likely N-dealkylation sites (N-methyl/N-ethyl adjacent to an activating group) is 1. The first kappa shape index (κ1) is 9.16. The maximum absolute atomic E-state index is 9.07. The van der Waals surface area contributed by atoms with E-state index in [0.717, 1.165) is 5.69 Å². The molecule has 1 unspecified atom stereocenters. The number of hydrogen-bond acceptors (Lipinski definition) is 3. The van der Waals surface area contributed by atoms with Gasteiger partial charge in [0.2, 0.25) is 0 Å². The molecule has 0 saturated carbocycles. The Kier molecular flexibility index (Phi) is 3.19. The minimum Gasteiger partial charge on any atom is -0.394 e. The fourth-order valence-corrected chi connectivity index (χ4v) is 1.09. The molecule has 0 aromatic carbocycles. The molecular weight excluding hydrogens is 152 g/mol. The van der Waals surface area contributed by atoms with Gasteiger partial charge in [0, 0.05) is 6.20 Å². The lowest BCUT2D eigenvalue weighted by atomic mass is 10.2. The van der Waals surface area contributed by atoms with Crippen LogP contribution < -0.4 is 0 Å². The number of rotatable bonds is 3. The van der Waals surface area contributed by atoms with Crippen LogP contribution in [-0.2, 0) is 0 Å². The van der Waals surface area contributed by atoms with Gasteiger partial charge in [-0.25, -0.2) is 0 Å². The van der Waals surface area contributed by atoms with E-state index in [4.69, 9.17) is 5.11 Å². The Labute approximate surface area is 72.7 Å². The van der Waals surface area contributed by atoms with E-state index in [1.54, 1.807) is 6.20 Å². The van der Waals surface area contributed by atoms with Gasteiger partial charge in [-0.05, 0) is 26.2 Å². The highest BCUT2D eigenvalue weighted by atomic mass is 16.3. The Morgan fingerprint density at radius 3 is 2.67 bits per heavy atom. The third kappa shape index (κ3) is 2.03. The summed E-state index contributed by atoms with van der Waals surface area (Å²) in [6.45, 7) is 0.101. The lowest BCUT2D eigenvalue weighted by Crippen LogP contribution is -2.23. The molecule has 0 aliphatic carbocycles. The van der Waals surface area contributed by atoms with E-state index in [9.17, 15) is 0 Å². The van der Waals surface area contributed by atoms with Crippen molar-refractivity contribution in [3.8, 4) is 0 Å². The van der Waals surface area contributed by atoms with Gasteiger partial charge in [0.05, 0.1) is 18.3 Å². The second kappa shape index (κ2) is 4.18. The minimum absolute atomic E-state index is 0.00574. The predicted octanol–water partition coefficient (Wildman–Crippen LogP) is 0.677. The fourth-order valence-electron chi connectivity index (χ4n) is 1.09. The van der Waals surface area contributed by atoms with E-state index in [1.165, 1.54) is 0 Å². The molecule has 0 fully saturated rings. The first-order valence-corrected chi connectivity index (χ1v) is 3.94. The fraction of sp³-hybridized carbons (Fsp3) is 0.444. The number of pyridine rings is 1. The lowest BCUT2D eigenvalue weighted by Gasteiger charge is -2.20. The molecule has 0 bridgehead atoms. The Morgan fingerprint density at radius 1 is 1.50 bits per heavy atom. The molecule has 12 heavy (non-hydrogen) atoms. The highest BCUT2D eigenvalue weighted by Gasteiger charge is 2.12. The van der Waals surface area contributed by atoms with Crippen molar-refractivity contribution in [3.63, 3.8) is 0 Å². The van der Waals surface area contributed by atoms with E-state index in [0.29, 0.717) is 0 Å². The summed E-state index contributed by atoms with van der Waals surface area (Å²) in [5, 5.41) is 9.07. The summed E-state index contributed by atoms with van der Waals surface area (Å²) in [4.78, 5) is 6.12. The molecule has 3 nitrogen and oxygen atoms in total. The molecule has 1 aromatic heterocycles. The standard InChI is InChI=1S/C9H14N2O/c1-11(2)9(7-12)8-5-3-4-6-10-8/h3-6,9,12H,7H2,1-2H3. The van der Waals surface area contributed by atoms with Crippen LogP contribution in [0.15, 0.2) is 24.4 Å². The number of nitrogens with zero attached hydrogens (tertiary/aromatic N) is 2. The maximum Gasteiger partial charge on any atom is 0.0749 e. The number of aromatic nitrogens is 1. The first-order valence-electron chi connectivity index (χ1n) is 3.94. The van der Waals surface area contributed by atoms with Gasteiger partial charge in [-0.3, -0.25) is 9.88 Å². The second-order valence-electron chi connectivity index (χ2n) is 2.92. The van der Waals surface area contributed by atoms with Gasteiger partial charge in [0.25, 0.3) is 0 Å². The summed E-state index contributed by atoms with van der Waals surface area (Å²) in [6.07, 6.45) is 1.74. The van der Waals surface area contributed by atoms with Gasteiger partial charge < -0.3 is 5.11 Å². The van der Waals surface area contributed by atoms with Gasteiger partial charge in [0.15, 0.2) is 0 Å². The Morgan fingerprint density at radius 2 is 2.25 bits per heavy atom. The average molecular weight is 166 g/mol. The van der Waals surface area contributed by atoms with Gasteiger partial charge in [-0.1, -0.05) is 6.07 Å². The summed E-state index contributed by atoms with van der Waals surface area (Å²) >= 11 is 0. The van der Waals surface area contributed by atoms with Crippen LogP contribution in [0.5, 0.6) is 0 Å². The molecule has 0 aliphatic heterocycles. The topological polar surface area (TPSA) is 36.4 Å². The summed E-state index contributed by atoms with van der Waals surface area (Å²) in [5.41, 5.74) is 0.907. The van der Waals surface area contributed by atoms with Crippen molar-refractivity contribution in [3.05, 3.63) is 30.1 Å². The Hall–Kier alpha value is -0.930. The van der Waals surface area contributed by atoms with E-state index in [1.807, 2.05) is 37.2 Å². The van der Waals surface area contributed by atoms with Crippen molar-refractivity contribution in [2.75, 3.05) is 20.7 Å². The van der Waals surface area contributed by atoms with Crippen molar-refractivity contribution in [1.29, 1.82) is 0 Å². The van der Waals surface area contributed by atoms with Crippen molar-refractivity contribution < 1.29 is 5.11 Å². The predicted molar refractivity (Wildman–Crippen MR) is 47.8 cm³/mol. The van der Waals surface area contributed by atoms with Gasteiger partial charge in [-0.2, -0.15) is 0 Å². The molecule has 0 amide bonds. The van der Waals surface area contributed by atoms with Crippen LogP contribution in [0.3, 0.4) is 0 Å². The highest BCUT2D eigenvalue weighted by molar-refractivity contribution is 5.08. The monoisotopic (exact) mass is 166 g/mol. The van der Waals surface area contributed by atoms with E-state index >= 15 is 0 Å². The molecule has 1 heterocycles. The zero-order chi connectivity index (χ0) is 8.97. The quantitative estimate of drug-likeness (QED) is 0.717. The average Bonchev–Trinajstić information content (AvgIpc) is 2.07. The third-order valence-electron chi connectivity index (χ3n) is 1.83. The minimum atomic E-state index is 0.00574. The summed E-state index contributed by atoms with van der Waals surface area (Å²) in [6, 6.07) is 5.72. The van der Waals surface area contributed by atoms with Crippen LogP contribution in [0.25, 0.3) is 0 Å². The molecule has 1 atom stereocenters. The normalized spacial score (nSPS) is 13.3. The van der Waals surface area contributed by atoms with Crippen LogP contribution in [0.1, 0.15) is 11.7 Å². The smallest absolute Gasteiger partial charge is 0.0749 e. The Balaban J connectivity index is 2.80. The van der Waals surface area contributed by atoms with Crippen LogP contribution >= 0.6 is 0 Å². The summed E-state index contributed by atoms with van der Waals surface area (Å²) < 4.78 is 0. The summed E-state index contributed by atoms with van der Waals surface area (Å²) in [7, 11) is 3.85. The van der Waals surface area contributed by atoms with Crippen molar-refractivity contribution >= 4 is 0 Å². The van der Waals surface area contributed by atoms with E-state index in [2.05, 4.69) is 4.98 Å². The zero-order valence-electron chi connectivity index (χ0n) is 7.44. The lowest BCUT2D eigenvalue weighted by molar-refractivity contribution is 0.167. The zero-order valence-corrected chi connectivity index (χ0v) is 7.44. The molecular formula is C9H14N2O. The molecule has 0 radical (unpaired) electrons. The SMILES string of the molecule is CN(C)C(CO)c1ccccn1. The molecule has 0 spiro atoms. The molecule has 1 N–H and O–H groups in total. The first-order chi connectivity index (χ1) is 5.75. The number of aliphatic hydroxyl groups is 1. The summed E-state index contributed by atoms with van der Waals surface area (Å²) in [5.74, 6) is 0. The Bertz CT molecular complexity index is 223. The van der Waals surface area contributed by atoms with Crippen LogP contribution in [0, 0.1) is 0 Å². The molecule has 0 saturated heterocycles. The van der Waals surface area contributed by atoms with Crippen molar-refractivity contribution in [2.45, 2.75) is 6.04 Å². The molecule has 0 aliphatic rings. The van der Waals surface area contributed by atoms with Crippen molar-refractivity contribution in [1.82, 2.24) is 9.88 Å². The van der Waals surface area contributed by atoms with Gasteiger partial charge in [0.1, 0.15) is 0 Å². The van der Waals surface area contributed by atoms with Crippen LogP contribution in [-0.4, -0.2) is 35.7 Å².